The topological polar surface area (TPSA) is 49.3 Å². The summed E-state index contributed by atoms with van der Waals surface area (Å²) in [7, 11) is 0. The maximum absolute atomic E-state index is 12.2. The molecule has 0 aliphatic rings. The molecule has 0 fully saturated rings. The second-order valence-corrected chi connectivity index (χ2v) is 6.40. The van der Waals surface area contributed by atoms with Crippen molar-refractivity contribution in [2.75, 3.05) is 6.61 Å². The van der Waals surface area contributed by atoms with Gasteiger partial charge < -0.3 is 10.4 Å². The smallest absolute Gasteiger partial charge is 0.251 e. The third-order valence-corrected chi connectivity index (χ3v) is 3.82. The van der Waals surface area contributed by atoms with Gasteiger partial charge in [-0.05, 0) is 65.8 Å². The number of benzene rings is 2. The molecule has 0 radical (unpaired) electrons. The van der Waals surface area contributed by atoms with Gasteiger partial charge in [-0.3, -0.25) is 4.79 Å². The van der Waals surface area contributed by atoms with Crippen LogP contribution in [0.1, 0.15) is 22.8 Å². The van der Waals surface area contributed by atoms with Gasteiger partial charge >= 0.3 is 0 Å². The second kappa shape index (κ2) is 7.04. The molecule has 0 aromatic heterocycles. The first-order valence-electron chi connectivity index (χ1n) is 6.79. The Bertz CT molecular complexity index is 638. The number of hydrogen-bond donors (Lipinski definition) is 2. The van der Waals surface area contributed by atoms with Gasteiger partial charge in [-0.15, -0.1) is 0 Å². The highest BCUT2D eigenvalue weighted by molar-refractivity contribution is 14.1. The molecule has 1 unspecified atom stereocenters. The predicted octanol–water partition coefficient (Wildman–Crippen LogP) is 3.38. The third kappa shape index (κ3) is 4.28. The van der Waals surface area contributed by atoms with E-state index in [4.69, 9.17) is 5.11 Å². The van der Waals surface area contributed by atoms with E-state index in [-0.39, 0.29) is 18.6 Å². The van der Waals surface area contributed by atoms with E-state index in [2.05, 4.69) is 58.2 Å². The molecule has 0 aliphatic carbocycles. The highest BCUT2D eigenvalue weighted by atomic mass is 127. The number of amides is 1. The average Bonchev–Trinajstić information content (AvgIpc) is 2.47. The van der Waals surface area contributed by atoms with E-state index in [1.807, 2.05) is 19.1 Å². The molecule has 2 aromatic carbocycles. The van der Waals surface area contributed by atoms with Crippen LogP contribution < -0.4 is 5.32 Å². The van der Waals surface area contributed by atoms with Crippen LogP contribution in [0.3, 0.4) is 0 Å². The Kier molecular flexibility index (Phi) is 5.36. The lowest BCUT2D eigenvalue weighted by Crippen LogP contribution is -2.35. The fourth-order valence-corrected chi connectivity index (χ4v) is 2.66. The van der Waals surface area contributed by atoms with Gasteiger partial charge in [-0.1, -0.05) is 29.8 Å². The minimum atomic E-state index is -0.252. The Morgan fingerprint density at radius 2 is 1.86 bits per heavy atom. The van der Waals surface area contributed by atoms with Gasteiger partial charge in [0.05, 0.1) is 6.61 Å². The highest BCUT2D eigenvalue weighted by Gasteiger charge is 2.11. The third-order valence-electron chi connectivity index (χ3n) is 3.20. The molecule has 2 N–H and O–H groups in total. The monoisotopic (exact) mass is 395 g/mol. The summed E-state index contributed by atoms with van der Waals surface area (Å²) in [6, 6.07) is 13.8. The Labute approximate surface area is 138 Å². The summed E-state index contributed by atoms with van der Waals surface area (Å²) in [6.45, 7) is 3.75. The van der Waals surface area contributed by atoms with Crippen molar-refractivity contribution in [3.8, 4) is 11.1 Å². The number of nitrogens with one attached hydrogen (secondary N) is 1. The molecular weight excluding hydrogens is 377 g/mol. The maximum atomic E-state index is 12.2. The quantitative estimate of drug-likeness (QED) is 0.780. The molecule has 3 nitrogen and oxygen atoms in total. The van der Waals surface area contributed by atoms with Crippen LogP contribution in [0.25, 0.3) is 11.1 Å². The van der Waals surface area contributed by atoms with E-state index >= 15 is 0 Å². The summed E-state index contributed by atoms with van der Waals surface area (Å²) < 4.78 is 1.01. The number of rotatable bonds is 4. The summed E-state index contributed by atoms with van der Waals surface area (Å²) in [4.78, 5) is 12.2. The van der Waals surface area contributed by atoms with Crippen molar-refractivity contribution in [1.82, 2.24) is 5.32 Å². The van der Waals surface area contributed by atoms with Crippen LogP contribution in [0.5, 0.6) is 0 Å². The van der Waals surface area contributed by atoms with Crippen LogP contribution in [-0.4, -0.2) is 23.7 Å². The molecule has 21 heavy (non-hydrogen) atoms. The summed E-state index contributed by atoms with van der Waals surface area (Å²) in [5.74, 6) is -0.163. The molecule has 2 rings (SSSR count). The minimum absolute atomic E-state index is 0.0690. The second-order valence-electron chi connectivity index (χ2n) is 5.15. The van der Waals surface area contributed by atoms with Crippen molar-refractivity contribution < 1.29 is 9.90 Å². The fraction of sp³-hybridized carbons (Fsp3) is 0.235. The lowest BCUT2D eigenvalue weighted by atomic mass is 10.0. The zero-order chi connectivity index (χ0) is 15.4. The van der Waals surface area contributed by atoms with Crippen LogP contribution in [0.4, 0.5) is 0 Å². The van der Waals surface area contributed by atoms with Gasteiger partial charge in [0.25, 0.3) is 5.91 Å². The lowest BCUT2D eigenvalue weighted by Gasteiger charge is -2.12. The molecule has 2 aromatic rings. The Morgan fingerprint density at radius 3 is 2.48 bits per heavy atom. The SMILES string of the molecule is Cc1ccc(-c2cc(I)cc(C(=O)NC(C)CO)c2)cc1. The zero-order valence-corrected chi connectivity index (χ0v) is 14.2. The van der Waals surface area contributed by atoms with E-state index in [0.717, 1.165) is 14.7 Å². The van der Waals surface area contributed by atoms with Crippen LogP contribution in [-0.2, 0) is 0 Å². The fourth-order valence-electron chi connectivity index (χ4n) is 1.99. The van der Waals surface area contributed by atoms with Crippen LogP contribution in [0, 0.1) is 10.5 Å². The van der Waals surface area contributed by atoms with Crippen molar-refractivity contribution in [2.45, 2.75) is 19.9 Å². The number of halogens is 1. The normalized spacial score (nSPS) is 12.0. The summed E-state index contributed by atoms with van der Waals surface area (Å²) in [5.41, 5.74) is 3.92. The Morgan fingerprint density at radius 1 is 1.19 bits per heavy atom. The zero-order valence-electron chi connectivity index (χ0n) is 12.1. The van der Waals surface area contributed by atoms with E-state index in [0.29, 0.717) is 5.56 Å². The van der Waals surface area contributed by atoms with Gasteiger partial charge in [-0.2, -0.15) is 0 Å². The van der Waals surface area contributed by atoms with Crippen molar-refractivity contribution in [3.63, 3.8) is 0 Å². The molecule has 1 amide bonds. The summed E-state index contributed by atoms with van der Waals surface area (Å²) >= 11 is 2.21. The minimum Gasteiger partial charge on any atom is -0.394 e. The average molecular weight is 395 g/mol. The highest BCUT2D eigenvalue weighted by Crippen LogP contribution is 2.24. The first kappa shape index (κ1) is 16.0. The molecule has 1 atom stereocenters. The van der Waals surface area contributed by atoms with Gasteiger partial charge in [0.2, 0.25) is 0 Å². The molecule has 110 valence electrons. The standard InChI is InChI=1S/C17H18INO2/c1-11-3-5-13(6-4-11)14-7-15(9-16(18)8-14)17(21)19-12(2)10-20/h3-9,12,20H,10H2,1-2H3,(H,19,21). The number of aliphatic hydroxyl groups is 1. The summed E-state index contributed by atoms with van der Waals surface area (Å²) in [5, 5.41) is 11.8. The van der Waals surface area contributed by atoms with E-state index in [1.54, 1.807) is 6.92 Å². The molecule has 0 saturated carbocycles. The molecule has 0 bridgehead atoms. The first-order chi connectivity index (χ1) is 9.99. The van der Waals surface area contributed by atoms with Crippen molar-refractivity contribution in [2.24, 2.45) is 0 Å². The van der Waals surface area contributed by atoms with Crippen LogP contribution in [0.2, 0.25) is 0 Å². The van der Waals surface area contributed by atoms with E-state index < -0.39 is 0 Å². The largest absolute Gasteiger partial charge is 0.394 e. The molecule has 0 heterocycles. The molecule has 4 heteroatoms. The van der Waals surface area contributed by atoms with Crippen molar-refractivity contribution in [3.05, 3.63) is 57.2 Å². The van der Waals surface area contributed by atoms with Crippen LogP contribution in [0.15, 0.2) is 42.5 Å². The van der Waals surface area contributed by atoms with Gasteiger partial charge in [0, 0.05) is 15.2 Å². The van der Waals surface area contributed by atoms with Gasteiger partial charge in [-0.25, -0.2) is 0 Å². The lowest BCUT2D eigenvalue weighted by molar-refractivity contribution is 0.0922. The van der Waals surface area contributed by atoms with E-state index in [9.17, 15) is 4.79 Å². The van der Waals surface area contributed by atoms with Crippen molar-refractivity contribution in [1.29, 1.82) is 0 Å². The van der Waals surface area contributed by atoms with Gasteiger partial charge in [0.15, 0.2) is 0 Å². The molecule has 0 spiro atoms. The van der Waals surface area contributed by atoms with Gasteiger partial charge in [0.1, 0.15) is 0 Å². The molecule has 0 aliphatic heterocycles. The number of aryl methyl sites for hydroxylation is 1. The molecular formula is C17H18INO2. The van der Waals surface area contributed by atoms with E-state index in [1.165, 1.54) is 5.56 Å². The maximum Gasteiger partial charge on any atom is 0.251 e. The Balaban J connectivity index is 2.33. The summed E-state index contributed by atoms with van der Waals surface area (Å²) in [6.07, 6.45) is 0. The molecule has 0 saturated heterocycles. The first-order valence-corrected chi connectivity index (χ1v) is 7.87. The number of carbonyl (C=O) groups excluding carboxylic acids is 1. The van der Waals surface area contributed by atoms with Crippen LogP contribution >= 0.6 is 22.6 Å². The number of hydrogen-bond acceptors (Lipinski definition) is 2. The van der Waals surface area contributed by atoms with Crippen molar-refractivity contribution >= 4 is 28.5 Å². The number of aliphatic hydroxyl groups excluding tert-OH is 1. The Hall–Kier alpha value is -1.40. The number of carbonyl (C=O) groups is 1. The predicted molar refractivity (Wildman–Crippen MR) is 93.3 cm³/mol.